The molecule has 0 aliphatic carbocycles. The van der Waals surface area contributed by atoms with Gasteiger partial charge in [-0.2, -0.15) is 0 Å². The predicted molar refractivity (Wildman–Crippen MR) is 72.3 cm³/mol. The topological polar surface area (TPSA) is 10.8 Å². The van der Waals surface area contributed by atoms with Crippen molar-refractivity contribution in [2.75, 3.05) is 19.6 Å². The van der Waals surface area contributed by atoms with Crippen LogP contribution in [-0.2, 0) is 6.54 Å². The fourth-order valence-electron chi connectivity index (χ4n) is 3.20. The van der Waals surface area contributed by atoms with Crippen LogP contribution in [0.3, 0.4) is 0 Å². The maximum absolute atomic E-state index is 6.97. The first kappa shape index (κ1) is 11.7. The van der Waals surface area contributed by atoms with Gasteiger partial charge >= 0.3 is 0 Å². The Kier molecular flexibility index (Phi) is 3.31. The number of fused-ring (bicyclic) bond motifs is 1. The zero-order valence-corrected chi connectivity index (χ0v) is 10.7. The molecule has 2 aliphatic rings. The van der Waals surface area contributed by atoms with Crippen molar-refractivity contribution in [2.24, 2.45) is 0 Å². The molecule has 1 aromatic rings. The van der Waals surface area contributed by atoms with Crippen molar-refractivity contribution in [1.82, 2.24) is 9.80 Å². The molecule has 94 valence electrons. The summed E-state index contributed by atoms with van der Waals surface area (Å²) >= 11 is 0. The van der Waals surface area contributed by atoms with Crippen molar-refractivity contribution >= 4 is 5.69 Å². The minimum absolute atomic E-state index is 0.666. The molecular formula is C15H19N3. The van der Waals surface area contributed by atoms with Gasteiger partial charge in [0.15, 0.2) is 5.69 Å². The maximum atomic E-state index is 6.97. The summed E-state index contributed by atoms with van der Waals surface area (Å²) in [6, 6.07) is 8.06. The molecule has 0 bridgehead atoms. The van der Waals surface area contributed by atoms with Crippen LogP contribution in [0, 0.1) is 6.57 Å². The van der Waals surface area contributed by atoms with Gasteiger partial charge in [-0.15, -0.1) is 0 Å². The fraction of sp³-hybridized carbons (Fsp3) is 0.533. The van der Waals surface area contributed by atoms with E-state index in [2.05, 4.69) is 26.8 Å². The summed E-state index contributed by atoms with van der Waals surface area (Å²) in [6.07, 6.45) is 4.62. The zero-order valence-electron chi connectivity index (χ0n) is 10.7. The van der Waals surface area contributed by atoms with E-state index in [0.717, 1.165) is 12.2 Å². The minimum atomic E-state index is 0.666. The first-order valence-corrected chi connectivity index (χ1v) is 6.81. The highest BCUT2D eigenvalue weighted by atomic mass is 15.4. The molecule has 0 N–H and O–H groups in total. The molecule has 3 rings (SSSR count). The van der Waals surface area contributed by atoms with E-state index in [0.29, 0.717) is 6.17 Å². The Labute approximate surface area is 109 Å². The molecule has 0 saturated carbocycles. The monoisotopic (exact) mass is 241 g/mol. The second-order valence-electron chi connectivity index (χ2n) is 5.26. The van der Waals surface area contributed by atoms with E-state index in [1.54, 1.807) is 0 Å². The Balaban J connectivity index is 1.69. The number of benzene rings is 1. The lowest BCUT2D eigenvalue weighted by molar-refractivity contribution is 0.0287. The molecule has 2 saturated heterocycles. The van der Waals surface area contributed by atoms with Crippen molar-refractivity contribution < 1.29 is 0 Å². The summed E-state index contributed by atoms with van der Waals surface area (Å²) in [5.74, 6) is 0. The van der Waals surface area contributed by atoms with Gasteiger partial charge in [0.1, 0.15) is 0 Å². The van der Waals surface area contributed by atoms with Crippen LogP contribution >= 0.6 is 0 Å². The van der Waals surface area contributed by atoms with Gasteiger partial charge in [-0.05, 0) is 31.4 Å². The lowest BCUT2D eigenvalue weighted by atomic mass is 10.1. The first-order valence-electron chi connectivity index (χ1n) is 6.81. The van der Waals surface area contributed by atoms with E-state index in [-0.39, 0.29) is 0 Å². The lowest BCUT2D eigenvalue weighted by Gasteiger charge is -2.40. The predicted octanol–water partition coefficient (Wildman–Crippen LogP) is 2.86. The molecule has 0 radical (unpaired) electrons. The highest BCUT2D eigenvalue weighted by molar-refractivity contribution is 5.45. The van der Waals surface area contributed by atoms with Crippen LogP contribution in [0.4, 0.5) is 5.69 Å². The Bertz CT molecular complexity index is 446. The smallest absolute Gasteiger partial charge is 0.187 e. The summed E-state index contributed by atoms with van der Waals surface area (Å²) in [6.45, 7) is 11.8. The van der Waals surface area contributed by atoms with E-state index >= 15 is 0 Å². The Morgan fingerprint density at radius 2 is 1.89 bits per heavy atom. The summed E-state index contributed by atoms with van der Waals surface area (Å²) in [7, 11) is 0. The highest BCUT2D eigenvalue weighted by Crippen LogP contribution is 2.26. The normalized spacial score (nSPS) is 24.7. The number of hydrogen-bond acceptors (Lipinski definition) is 2. The van der Waals surface area contributed by atoms with E-state index in [1.165, 1.54) is 44.5 Å². The van der Waals surface area contributed by atoms with Crippen LogP contribution < -0.4 is 0 Å². The van der Waals surface area contributed by atoms with Crippen LogP contribution in [0.2, 0.25) is 0 Å². The summed E-state index contributed by atoms with van der Waals surface area (Å²) < 4.78 is 0. The second kappa shape index (κ2) is 5.09. The van der Waals surface area contributed by atoms with E-state index in [1.807, 2.05) is 12.1 Å². The minimum Gasteiger partial charge on any atom is -0.288 e. The second-order valence-corrected chi connectivity index (χ2v) is 5.26. The maximum Gasteiger partial charge on any atom is 0.187 e. The van der Waals surface area contributed by atoms with Gasteiger partial charge in [0.05, 0.1) is 12.7 Å². The average Bonchev–Trinajstić information content (AvgIpc) is 2.89. The number of nitrogens with zero attached hydrogens (tertiary/aromatic N) is 3. The molecule has 3 nitrogen and oxygen atoms in total. The van der Waals surface area contributed by atoms with Crippen LogP contribution in [0.1, 0.15) is 24.8 Å². The molecule has 1 atom stereocenters. The summed E-state index contributed by atoms with van der Waals surface area (Å²) in [5, 5.41) is 0. The van der Waals surface area contributed by atoms with Crippen molar-refractivity contribution in [3.05, 3.63) is 41.2 Å². The third kappa shape index (κ3) is 2.27. The molecule has 2 aliphatic heterocycles. The molecular weight excluding hydrogens is 222 g/mol. The molecule has 3 heteroatoms. The molecule has 18 heavy (non-hydrogen) atoms. The molecule has 1 aromatic carbocycles. The fourth-order valence-corrected chi connectivity index (χ4v) is 3.20. The van der Waals surface area contributed by atoms with Crippen molar-refractivity contribution in [2.45, 2.75) is 32.0 Å². The average molecular weight is 241 g/mol. The highest BCUT2D eigenvalue weighted by Gasteiger charge is 2.32. The van der Waals surface area contributed by atoms with Gasteiger partial charge in [-0.1, -0.05) is 24.3 Å². The third-order valence-electron chi connectivity index (χ3n) is 4.09. The summed E-state index contributed by atoms with van der Waals surface area (Å²) in [5.41, 5.74) is 2.07. The van der Waals surface area contributed by atoms with Crippen LogP contribution in [0.15, 0.2) is 24.3 Å². The third-order valence-corrected chi connectivity index (χ3v) is 4.09. The Morgan fingerprint density at radius 1 is 1.11 bits per heavy atom. The lowest BCUT2D eigenvalue weighted by Crippen LogP contribution is -2.49. The van der Waals surface area contributed by atoms with E-state index in [9.17, 15) is 0 Å². The van der Waals surface area contributed by atoms with Crippen molar-refractivity contribution in [3.63, 3.8) is 0 Å². The van der Waals surface area contributed by atoms with Gasteiger partial charge in [-0.3, -0.25) is 9.80 Å². The molecule has 2 fully saturated rings. The van der Waals surface area contributed by atoms with Crippen LogP contribution in [-0.4, -0.2) is 35.6 Å². The Morgan fingerprint density at radius 3 is 2.67 bits per heavy atom. The van der Waals surface area contributed by atoms with E-state index in [4.69, 9.17) is 6.57 Å². The van der Waals surface area contributed by atoms with Gasteiger partial charge in [0.2, 0.25) is 0 Å². The first-order chi connectivity index (χ1) is 8.86. The van der Waals surface area contributed by atoms with Gasteiger partial charge in [-0.25, -0.2) is 4.85 Å². The van der Waals surface area contributed by atoms with Crippen LogP contribution in [0.5, 0.6) is 0 Å². The van der Waals surface area contributed by atoms with E-state index < -0.39 is 0 Å². The standard InChI is InChI=1S/C15H19N3/c1-16-14-7-5-13(6-8-14)12-18-11-3-10-17-9-2-4-15(17)18/h5-8,15H,2-4,9-12H2. The number of hydrogen-bond donors (Lipinski definition) is 0. The van der Waals surface area contributed by atoms with Crippen molar-refractivity contribution in [1.29, 1.82) is 0 Å². The Hall–Kier alpha value is -1.37. The molecule has 1 unspecified atom stereocenters. The molecule has 2 heterocycles. The SMILES string of the molecule is [C-]#[N+]c1ccc(CN2CCCN3CCCC32)cc1. The molecule has 0 spiro atoms. The summed E-state index contributed by atoms with van der Waals surface area (Å²) in [4.78, 5) is 8.66. The van der Waals surface area contributed by atoms with Gasteiger partial charge < -0.3 is 0 Å². The largest absolute Gasteiger partial charge is 0.288 e. The molecule has 0 aromatic heterocycles. The molecule has 0 amide bonds. The zero-order chi connectivity index (χ0) is 12.4. The number of rotatable bonds is 2. The van der Waals surface area contributed by atoms with Crippen molar-refractivity contribution in [3.8, 4) is 0 Å². The quantitative estimate of drug-likeness (QED) is 0.737. The van der Waals surface area contributed by atoms with Crippen LogP contribution in [0.25, 0.3) is 4.85 Å². The van der Waals surface area contributed by atoms with Gasteiger partial charge in [0, 0.05) is 19.6 Å². The van der Waals surface area contributed by atoms with Gasteiger partial charge in [0.25, 0.3) is 0 Å².